The van der Waals surface area contributed by atoms with Crippen LogP contribution in [0, 0.1) is 0 Å². The Hall–Kier alpha value is -0.830. The van der Waals surface area contributed by atoms with Crippen molar-refractivity contribution in [2.24, 2.45) is 4.99 Å². The predicted molar refractivity (Wildman–Crippen MR) is 113 cm³/mol. The number of hydrogen-bond donors (Lipinski definition) is 2. The molecule has 7 heteroatoms. The first-order valence-corrected chi connectivity index (χ1v) is 9.27. The second kappa shape index (κ2) is 12.5. The molecule has 1 fully saturated rings. The maximum absolute atomic E-state index is 5.71. The molecule has 1 unspecified atom stereocenters. The molecular formula is C17H28IN3O2S. The van der Waals surface area contributed by atoms with Crippen LogP contribution in [-0.4, -0.2) is 50.3 Å². The van der Waals surface area contributed by atoms with E-state index in [0.29, 0.717) is 11.9 Å². The Morgan fingerprint density at radius 2 is 2.00 bits per heavy atom. The van der Waals surface area contributed by atoms with E-state index in [2.05, 4.69) is 22.5 Å². The van der Waals surface area contributed by atoms with Crippen molar-refractivity contribution in [3.63, 3.8) is 0 Å². The van der Waals surface area contributed by atoms with Crippen molar-refractivity contribution in [3.8, 4) is 11.5 Å². The Kier molecular flexibility index (Phi) is 11.1. The lowest BCUT2D eigenvalue weighted by molar-refractivity contribution is 0.321. The highest BCUT2D eigenvalue weighted by Gasteiger charge is 2.14. The minimum Gasteiger partial charge on any atom is -0.497 e. The van der Waals surface area contributed by atoms with E-state index in [-0.39, 0.29) is 24.0 Å². The molecule has 1 atom stereocenters. The van der Waals surface area contributed by atoms with Crippen LogP contribution in [0.2, 0.25) is 0 Å². The molecule has 0 spiro atoms. The first-order valence-electron chi connectivity index (χ1n) is 8.22. The van der Waals surface area contributed by atoms with Gasteiger partial charge in [-0.25, -0.2) is 0 Å². The van der Waals surface area contributed by atoms with Crippen LogP contribution in [0.1, 0.15) is 19.8 Å². The van der Waals surface area contributed by atoms with E-state index in [9.17, 15) is 0 Å². The number of rotatable bonds is 8. The molecule has 24 heavy (non-hydrogen) atoms. The Morgan fingerprint density at radius 1 is 1.25 bits per heavy atom. The molecule has 1 aliphatic rings. The lowest BCUT2D eigenvalue weighted by Crippen LogP contribution is -2.39. The summed E-state index contributed by atoms with van der Waals surface area (Å²) in [7, 11) is 1.66. The third-order valence-electron chi connectivity index (χ3n) is 3.54. The molecular weight excluding hydrogens is 437 g/mol. The van der Waals surface area contributed by atoms with E-state index in [0.717, 1.165) is 37.1 Å². The Balaban J connectivity index is 0.00000288. The largest absolute Gasteiger partial charge is 0.497 e. The number of nitrogens with one attached hydrogen (secondary N) is 2. The van der Waals surface area contributed by atoms with Gasteiger partial charge in [-0.2, -0.15) is 11.8 Å². The molecule has 2 N–H and O–H groups in total. The molecule has 0 bridgehead atoms. The Bertz CT molecular complexity index is 479. The minimum atomic E-state index is 0. The van der Waals surface area contributed by atoms with Gasteiger partial charge in [-0.1, -0.05) is 0 Å². The summed E-state index contributed by atoms with van der Waals surface area (Å²) in [6.07, 6.45) is 2.61. The summed E-state index contributed by atoms with van der Waals surface area (Å²) < 4.78 is 10.8. The second-order valence-corrected chi connectivity index (χ2v) is 6.71. The van der Waals surface area contributed by atoms with Crippen LogP contribution < -0.4 is 20.1 Å². The summed E-state index contributed by atoms with van der Waals surface area (Å²) in [4.78, 5) is 4.66. The monoisotopic (exact) mass is 465 g/mol. The standard InChI is InChI=1S/C17H27N3O2S.HI/c1-3-18-17(20-13-16-5-4-12-23-16)19-10-11-22-15-8-6-14(21-2)7-9-15;/h6-9,16H,3-5,10-13H2,1-2H3,(H2,18,19,20);1H. The molecule has 5 nitrogen and oxygen atoms in total. The van der Waals surface area contributed by atoms with Crippen molar-refractivity contribution in [2.45, 2.75) is 25.0 Å². The predicted octanol–water partition coefficient (Wildman–Crippen LogP) is 3.14. The van der Waals surface area contributed by atoms with E-state index in [1.165, 1.54) is 18.6 Å². The average molecular weight is 465 g/mol. The van der Waals surface area contributed by atoms with Crippen LogP contribution in [0.5, 0.6) is 11.5 Å². The van der Waals surface area contributed by atoms with Gasteiger partial charge in [0.2, 0.25) is 0 Å². The highest BCUT2D eigenvalue weighted by molar-refractivity contribution is 14.0. The summed E-state index contributed by atoms with van der Waals surface area (Å²) in [6, 6.07) is 7.62. The van der Waals surface area contributed by atoms with Gasteiger partial charge in [-0.3, -0.25) is 4.99 Å². The molecule has 1 aliphatic heterocycles. The molecule has 0 saturated carbocycles. The van der Waals surface area contributed by atoms with Crippen molar-refractivity contribution in [2.75, 3.05) is 39.1 Å². The van der Waals surface area contributed by atoms with Crippen LogP contribution in [0.3, 0.4) is 0 Å². The number of benzene rings is 1. The molecule has 1 aromatic carbocycles. The van der Waals surface area contributed by atoms with Gasteiger partial charge in [0.05, 0.1) is 20.2 Å². The molecule has 0 radical (unpaired) electrons. The van der Waals surface area contributed by atoms with Crippen LogP contribution in [0.4, 0.5) is 0 Å². The number of hydrogen-bond acceptors (Lipinski definition) is 4. The maximum atomic E-state index is 5.71. The normalized spacial score (nSPS) is 17.1. The summed E-state index contributed by atoms with van der Waals surface area (Å²) in [5.41, 5.74) is 0. The first-order chi connectivity index (χ1) is 11.3. The highest BCUT2D eigenvalue weighted by atomic mass is 127. The topological polar surface area (TPSA) is 54.9 Å². The van der Waals surface area contributed by atoms with Gasteiger partial charge in [-0.15, -0.1) is 24.0 Å². The van der Waals surface area contributed by atoms with Crippen molar-refractivity contribution >= 4 is 41.7 Å². The molecule has 1 heterocycles. The molecule has 1 saturated heterocycles. The van der Waals surface area contributed by atoms with Gasteiger partial charge in [0, 0.05) is 11.8 Å². The van der Waals surface area contributed by atoms with E-state index in [1.54, 1.807) is 7.11 Å². The smallest absolute Gasteiger partial charge is 0.191 e. The maximum Gasteiger partial charge on any atom is 0.191 e. The van der Waals surface area contributed by atoms with E-state index >= 15 is 0 Å². The SMILES string of the molecule is CCNC(=NCC1CCCS1)NCCOc1ccc(OC)cc1.I. The first kappa shape index (κ1) is 21.2. The van der Waals surface area contributed by atoms with Crippen LogP contribution in [0.15, 0.2) is 29.3 Å². The average Bonchev–Trinajstić information content (AvgIpc) is 3.10. The zero-order chi connectivity index (χ0) is 16.3. The van der Waals surface area contributed by atoms with Crippen LogP contribution >= 0.6 is 35.7 Å². The molecule has 0 aromatic heterocycles. The third-order valence-corrected chi connectivity index (χ3v) is 4.92. The number of methoxy groups -OCH3 is 1. The summed E-state index contributed by atoms with van der Waals surface area (Å²) in [5.74, 6) is 3.83. The van der Waals surface area contributed by atoms with Crippen molar-refractivity contribution in [1.82, 2.24) is 10.6 Å². The summed E-state index contributed by atoms with van der Waals surface area (Å²) in [6.45, 7) is 5.14. The van der Waals surface area contributed by atoms with Gasteiger partial charge in [0.1, 0.15) is 18.1 Å². The lowest BCUT2D eigenvalue weighted by Gasteiger charge is -2.13. The minimum absolute atomic E-state index is 0. The van der Waals surface area contributed by atoms with Gasteiger partial charge in [-0.05, 0) is 49.8 Å². The fourth-order valence-electron chi connectivity index (χ4n) is 2.33. The fourth-order valence-corrected chi connectivity index (χ4v) is 3.51. The zero-order valence-electron chi connectivity index (χ0n) is 14.4. The van der Waals surface area contributed by atoms with Crippen LogP contribution in [-0.2, 0) is 0 Å². The van der Waals surface area contributed by atoms with Crippen LogP contribution in [0.25, 0.3) is 0 Å². The number of ether oxygens (including phenoxy) is 2. The summed E-state index contributed by atoms with van der Waals surface area (Å²) >= 11 is 2.03. The fraction of sp³-hybridized carbons (Fsp3) is 0.588. The lowest BCUT2D eigenvalue weighted by atomic mass is 10.2. The third kappa shape index (κ3) is 7.83. The molecule has 0 amide bonds. The van der Waals surface area contributed by atoms with Gasteiger partial charge >= 0.3 is 0 Å². The Morgan fingerprint density at radius 3 is 2.62 bits per heavy atom. The van der Waals surface area contributed by atoms with E-state index in [1.807, 2.05) is 36.0 Å². The van der Waals surface area contributed by atoms with E-state index < -0.39 is 0 Å². The molecule has 0 aliphatic carbocycles. The zero-order valence-corrected chi connectivity index (χ0v) is 17.6. The quantitative estimate of drug-likeness (QED) is 0.268. The van der Waals surface area contributed by atoms with E-state index in [4.69, 9.17) is 9.47 Å². The molecule has 2 rings (SSSR count). The number of aliphatic imine (C=N–C) groups is 1. The van der Waals surface area contributed by atoms with Crippen molar-refractivity contribution < 1.29 is 9.47 Å². The Labute approximate surface area is 166 Å². The van der Waals surface area contributed by atoms with Gasteiger partial charge in [0.15, 0.2) is 5.96 Å². The van der Waals surface area contributed by atoms with Crippen molar-refractivity contribution in [1.29, 1.82) is 0 Å². The number of nitrogens with zero attached hydrogens (tertiary/aromatic N) is 1. The number of halogens is 1. The molecule has 136 valence electrons. The number of thioether (sulfide) groups is 1. The van der Waals surface area contributed by atoms with Gasteiger partial charge in [0.25, 0.3) is 0 Å². The van der Waals surface area contributed by atoms with Crippen molar-refractivity contribution in [3.05, 3.63) is 24.3 Å². The summed E-state index contributed by atoms with van der Waals surface area (Å²) in [5, 5.41) is 7.28. The number of guanidine groups is 1. The molecule has 1 aromatic rings. The van der Waals surface area contributed by atoms with Gasteiger partial charge < -0.3 is 20.1 Å². The second-order valence-electron chi connectivity index (χ2n) is 5.31. The highest BCUT2D eigenvalue weighted by Crippen LogP contribution is 2.25.